The Balaban J connectivity index is 1.90. The number of hydrogen-bond donors (Lipinski definition) is 0. The summed E-state index contributed by atoms with van der Waals surface area (Å²) >= 11 is 1.43. The van der Waals surface area contributed by atoms with Crippen LogP contribution in [0.2, 0.25) is 0 Å². The van der Waals surface area contributed by atoms with E-state index in [1.165, 1.54) is 11.3 Å². The fraction of sp³-hybridized carbons (Fsp3) is 0.333. The van der Waals surface area contributed by atoms with Crippen molar-refractivity contribution >= 4 is 23.0 Å². The normalized spacial score (nSPS) is 10.4. The summed E-state index contributed by atoms with van der Waals surface area (Å²) in [6.45, 7) is 3.39. The Labute approximate surface area is 135 Å². The first kappa shape index (κ1) is 16.4. The molecule has 0 unspecified atom stereocenters. The van der Waals surface area contributed by atoms with Gasteiger partial charge in [0.1, 0.15) is 0 Å². The highest BCUT2D eigenvalue weighted by molar-refractivity contribution is 7.12. The number of rotatable bonds is 8. The molecule has 0 fully saturated rings. The maximum atomic E-state index is 12.4. The highest BCUT2D eigenvalue weighted by atomic mass is 32.1. The van der Waals surface area contributed by atoms with E-state index >= 15 is 0 Å². The topological polar surface area (TPSA) is 37.4 Å². The molecule has 1 heterocycles. The Bertz CT molecular complexity index is 593. The molecule has 0 radical (unpaired) electrons. The molecule has 2 rings (SSSR count). The number of amides is 1. The third-order valence-electron chi connectivity index (χ3n) is 3.42. The lowest BCUT2D eigenvalue weighted by atomic mass is 10.1. The Hall–Kier alpha value is -1.94. The Morgan fingerprint density at radius 1 is 1.05 bits per heavy atom. The maximum absolute atomic E-state index is 12.4. The van der Waals surface area contributed by atoms with Crippen molar-refractivity contribution in [2.45, 2.75) is 32.7 Å². The zero-order chi connectivity index (χ0) is 15.8. The van der Waals surface area contributed by atoms with Crippen LogP contribution >= 0.6 is 11.3 Å². The van der Waals surface area contributed by atoms with Crippen LogP contribution in [0, 0.1) is 0 Å². The van der Waals surface area contributed by atoms with Crippen LogP contribution < -0.4 is 0 Å². The zero-order valence-electron chi connectivity index (χ0n) is 12.8. The molecule has 0 aliphatic carbocycles. The smallest absolute Gasteiger partial charge is 0.223 e. The van der Waals surface area contributed by atoms with Gasteiger partial charge >= 0.3 is 0 Å². The van der Waals surface area contributed by atoms with Gasteiger partial charge in [0.25, 0.3) is 0 Å². The largest absolute Gasteiger partial charge is 0.338 e. The molecule has 0 saturated carbocycles. The molecule has 2 aromatic rings. The van der Waals surface area contributed by atoms with Crippen molar-refractivity contribution in [1.29, 1.82) is 0 Å². The molecule has 0 atom stereocenters. The monoisotopic (exact) mass is 315 g/mol. The molecule has 1 amide bonds. The minimum atomic E-state index is 0.0515. The van der Waals surface area contributed by atoms with Crippen LogP contribution in [0.25, 0.3) is 0 Å². The molecule has 0 N–H and O–H groups in total. The summed E-state index contributed by atoms with van der Waals surface area (Å²) in [4.78, 5) is 27.0. The predicted octanol–water partition coefficient (Wildman–Crippen LogP) is 4.15. The van der Waals surface area contributed by atoms with Gasteiger partial charge in [0, 0.05) is 25.9 Å². The van der Waals surface area contributed by atoms with E-state index in [4.69, 9.17) is 0 Å². The van der Waals surface area contributed by atoms with Gasteiger partial charge in [0.05, 0.1) is 4.88 Å². The molecule has 116 valence electrons. The summed E-state index contributed by atoms with van der Waals surface area (Å²) in [5, 5.41) is 1.88. The molecule has 0 spiro atoms. The third-order valence-corrected chi connectivity index (χ3v) is 4.34. The van der Waals surface area contributed by atoms with Crippen LogP contribution in [0.3, 0.4) is 0 Å². The summed E-state index contributed by atoms with van der Waals surface area (Å²) in [7, 11) is 0. The van der Waals surface area contributed by atoms with Crippen LogP contribution in [0.4, 0.5) is 0 Å². The molecule has 0 saturated heterocycles. The number of thiophene rings is 1. The predicted molar refractivity (Wildman–Crippen MR) is 90.0 cm³/mol. The van der Waals surface area contributed by atoms with E-state index in [0.717, 1.165) is 23.4 Å². The van der Waals surface area contributed by atoms with Crippen LogP contribution in [-0.2, 0) is 11.3 Å². The lowest BCUT2D eigenvalue weighted by Gasteiger charge is -2.22. The number of carbonyl (C=O) groups is 2. The van der Waals surface area contributed by atoms with Crippen molar-refractivity contribution in [3.05, 3.63) is 58.3 Å². The number of nitrogens with zero attached hydrogens (tertiary/aromatic N) is 1. The molecular weight excluding hydrogens is 294 g/mol. The van der Waals surface area contributed by atoms with E-state index in [-0.39, 0.29) is 24.5 Å². The van der Waals surface area contributed by atoms with Gasteiger partial charge in [-0.05, 0) is 23.4 Å². The summed E-state index contributed by atoms with van der Waals surface area (Å²) in [6, 6.07) is 13.6. The molecule has 0 aliphatic rings. The summed E-state index contributed by atoms with van der Waals surface area (Å²) < 4.78 is 0. The van der Waals surface area contributed by atoms with Gasteiger partial charge in [-0.1, -0.05) is 43.3 Å². The lowest BCUT2D eigenvalue weighted by Crippen LogP contribution is -2.31. The number of hydrogen-bond acceptors (Lipinski definition) is 3. The van der Waals surface area contributed by atoms with Gasteiger partial charge in [-0.15, -0.1) is 11.3 Å². The van der Waals surface area contributed by atoms with Crippen molar-refractivity contribution in [2.75, 3.05) is 6.54 Å². The van der Waals surface area contributed by atoms with Crippen molar-refractivity contribution in [1.82, 2.24) is 4.90 Å². The molecule has 0 bridgehead atoms. The number of ketones is 1. The number of Topliss-reactive ketones (excluding diaryl/α,β-unsaturated/α-hetero) is 1. The van der Waals surface area contributed by atoms with Crippen molar-refractivity contribution in [3.63, 3.8) is 0 Å². The Morgan fingerprint density at radius 3 is 2.45 bits per heavy atom. The number of benzene rings is 1. The quantitative estimate of drug-likeness (QED) is 0.686. The third kappa shape index (κ3) is 4.81. The standard InChI is InChI=1S/C18H21NO2S/c1-2-12-19(14-15-7-4-3-5-8-15)18(21)11-10-16(20)17-9-6-13-22-17/h3-9,13H,2,10-12,14H2,1H3. The minimum Gasteiger partial charge on any atom is -0.338 e. The van der Waals surface area contributed by atoms with Crippen LogP contribution in [0.5, 0.6) is 0 Å². The van der Waals surface area contributed by atoms with Gasteiger partial charge in [0.2, 0.25) is 5.91 Å². The van der Waals surface area contributed by atoms with E-state index < -0.39 is 0 Å². The maximum Gasteiger partial charge on any atom is 0.223 e. The van der Waals surface area contributed by atoms with Crippen LogP contribution in [-0.4, -0.2) is 23.1 Å². The first-order chi connectivity index (χ1) is 10.7. The van der Waals surface area contributed by atoms with E-state index in [1.807, 2.05) is 52.7 Å². The molecule has 1 aromatic carbocycles. The Morgan fingerprint density at radius 2 is 1.82 bits per heavy atom. The average molecular weight is 315 g/mol. The molecule has 22 heavy (non-hydrogen) atoms. The van der Waals surface area contributed by atoms with Gasteiger partial charge in [-0.2, -0.15) is 0 Å². The molecule has 0 aliphatic heterocycles. The van der Waals surface area contributed by atoms with E-state index in [0.29, 0.717) is 6.54 Å². The van der Waals surface area contributed by atoms with Crippen LogP contribution in [0.1, 0.15) is 41.4 Å². The SMILES string of the molecule is CCCN(Cc1ccccc1)C(=O)CCC(=O)c1cccs1. The van der Waals surface area contributed by atoms with E-state index in [1.54, 1.807) is 0 Å². The second kappa shape index (κ2) is 8.49. The van der Waals surface area contributed by atoms with Gasteiger partial charge in [-0.3, -0.25) is 9.59 Å². The first-order valence-corrected chi connectivity index (χ1v) is 8.47. The van der Waals surface area contributed by atoms with Crippen molar-refractivity contribution < 1.29 is 9.59 Å². The molecule has 4 heteroatoms. The van der Waals surface area contributed by atoms with Gasteiger partial charge in [-0.25, -0.2) is 0 Å². The van der Waals surface area contributed by atoms with Crippen LogP contribution in [0.15, 0.2) is 47.8 Å². The van der Waals surface area contributed by atoms with Gasteiger partial charge < -0.3 is 4.90 Å². The summed E-state index contributed by atoms with van der Waals surface area (Å²) in [6.07, 6.45) is 1.48. The average Bonchev–Trinajstić information content (AvgIpc) is 3.07. The van der Waals surface area contributed by atoms with Crippen molar-refractivity contribution in [2.24, 2.45) is 0 Å². The summed E-state index contributed by atoms with van der Waals surface area (Å²) in [5.74, 6) is 0.107. The fourth-order valence-electron chi connectivity index (χ4n) is 2.30. The highest BCUT2D eigenvalue weighted by Gasteiger charge is 2.16. The lowest BCUT2D eigenvalue weighted by molar-refractivity contribution is -0.131. The van der Waals surface area contributed by atoms with E-state index in [2.05, 4.69) is 6.92 Å². The second-order valence-corrected chi connectivity index (χ2v) is 6.15. The number of carbonyl (C=O) groups excluding carboxylic acids is 2. The molecular formula is C18H21NO2S. The van der Waals surface area contributed by atoms with E-state index in [9.17, 15) is 9.59 Å². The molecule has 1 aromatic heterocycles. The van der Waals surface area contributed by atoms with Gasteiger partial charge in [0.15, 0.2) is 5.78 Å². The zero-order valence-corrected chi connectivity index (χ0v) is 13.6. The minimum absolute atomic E-state index is 0.0515. The molecule has 3 nitrogen and oxygen atoms in total. The Kier molecular flexibility index (Phi) is 6.34. The first-order valence-electron chi connectivity index (χ1n) is 7.59. The fourth-order valence-corrected chi connectivity index (χ4v) is 3.00. The highest BCUT2D eigenvalue weighted by Crippen LogP contribution is 2.14. The summed E-state index contributed by atoms with van der Waals surface area (Å²) in [5.41, 5.74) is 1.12. The second-order valence-electron chi connectivity index (χ2n) is 5.20. The van der Waals surface area contributed by atoms with Crippen molar-refractivity contribution in [3.8, 4) is 0 Å².